The Balaban J connectivity index is 0.00000676. The van der Waals surface area contributed by atoms with Crippen LogP contribution in [0, 0.1) is 5.92 Å². The van der Waals surface area contributed by atoms with Crippen LogP contribution in [0.2, 0.25) is 0 Å². The SMILES string of the molecule is CCCCOCCOCCNC(=NC)NCC(CC(C)C)N1CCCC1.I. The van der Waals surface area contributed by atoms with Crippen molar-refractivity contribution in [2.75, 3.05) is 59.7 Å². The van der Waals surface area contributed by atoms with Crippen LogP contribution in [0.5, 0.6) is 0 Å². The Labute approximate surface area is 184 Å². The van der Waals surface area contributed by atoms with Gasteiger partial charge in [0.05, 0.1) is 19.8 Å². The molecule has 2 N–H and O–H groups in total. The molecular formula is C20H43IN4O2. The first-order chi connectivity index (χ1) is 12.7. The molecule has 0 radical (unpaired) electrons. The normalized spacial score (nSPS) is 16.4. The van der Waals surface area contributed by atoms with Gasteiger partial charge in [-0.15, -0.1) is 24.0 Å². The number of halogens is 1. The van der Waals surface area contributed by atoms with Crippen molar-refractivity contribution >= 4 is 29.9 Å². The maximum Gasteiger partial charge on any atom is 0.191 e. The third-order valence-electron chi connectivity index (χ3n) is 4.68. The fraction of sp³-hybridized carbons (Fsp3) is 0.950. The molecule has 1 saturated heterocycles. The van der Waals surface area contributed by atoms with Crippen molar-refractivity contribution in [1.29, 1.82) is 0 Å². The molecule has 0 aromatic carbocycles. The average molecular weight is 498 g/mol. The van der Waals surface area contributed by atoms with Gasteiger partial charge in [-0.2, -0.15) is 0 Å². The smallest absolute Gasteiger partial charge is 0.191 e. The second-order valence-electron chi connectivity index (χ2n) is 7.48. The summed E-state index contributed by atoms with van der Waals surface area (Å²) in [4.78, 5) is 6.96. The Morgan fingerprint density at radius 1 is 1.04 bits per heavy atom. The van der Waals surface area contributed by atoms with Gasteiger partial charge in [0.1, 0.15) is 0 Å². The highest BCUT2D eigenvalue weighted by Crippen LogP contribution is 2.17. The second kappa shape index (κ2) is 17.9. The van der Waals surface area contributed by atoms with E-state index in [1.165, 1.54) is 38.8 Å². The second-order valence-corrected chi connectivity index (χ2v) is 7.48. The number of aliphatic imine (C=N–C) groups is 1. The summed E-state index contributed by atoms with van der Waals surface area (Å²) < 4.78 is 11.1. The van der Waals surface area contributed by atoms with Gasteiger partial charge in [-0.3, -0.25) is 9.89 Å². The van der Waals surface area contributed by atoms with Crippen LogP contribution in [-0.2, 0) is 9.47 Å². The number of rotatable bonds is 14. The molecule has 1 atom stereocenters. The van der Waals surface area contributed by atoms with Crippen LogP contribution in [0.15, 0.2) is 4.99 Å². The van der Waals surface area contributed by atoms with E-state index in [0.29, 0.717) is 31.8 Å². The van der Waals surface area contributed by atoms with Gasteiger partial charge in [0.25, 0.3) is 0 Å². The minimum atomic E-state index is 0. The van der Waals surface area contributed by atoms with Gasteiger partial charge < -0.3 is 20.1 Å². The lowest BCUT2D eigenvalue weighted by Gasteiger charge is -2.29. The third kappa shape index (κ3) is 13.7. The summed E-state index contributed by atoms with van der Waals surface area (Å²) in [5.41, 5.74) is 0. The fourth-order valence-corrected chi connectivity index (χ4v) is 3.26. The molecule has 0 amide bonds. The first-order valence-corrected chi connectivity index (χ1v) is 10.5. The van der Waals surface area contributed by atoms with Crippen molar-refractivity contribution in [3.8, 4) is 0 Å². The predicted molar refractivity (Wildman–Crippen MR) is 125 cm³/mol. The van der Waals surface area contributed by atoms with Crippen LogP contribution >= 0.6 is 24.0 Å². The van der Waals surface area contributed by atoms with Crippen molar-refractivity contribution in [2.45, 2.75) is 58.9 Å². The Kier molecular flexibility index (Phi) is 17.9. The van der Waals surface area contributed by atoms with Crippen LogP contribution in [0.1, 0.15) is 52.9 Å². The molecule has 0 aromatic heterocycles. The molecule has 1 aliphatic heterocycles. The van der Waals surface area contributed by atoms with E-state index in [2.05, 4.69) is 41.3 Å². The fourth-order valence-electron chi connectivity index (χ4n) is 3.26. The maximum atomic E-state index is 5.59. The van der Waals surface area contributed by atoms with E-state index in [1.807, 2.05) is 7.05 Å². The van der Waals surface area contributed by atoms with Gasteiger partial charge in [-0.25, -0.2) is 0 Å². The molecule has 162 valence electrons. The largest absolute Gasteiger partial charge is 0.379 e. The highest BCUT2D eigenvalue weighted by Gasteiger charge is 2.22. The zero-order valence-electron chi connectivity index (χ0n) is 18.0. The number of ether oxygens (including phenoxy) is 2. The van der Waals surface area contributed by atoms with Crippen molar-refractivity contribution in [1.82, 2.24) is 15.5 Å². The summed E-state index contributed by atoms with van der Waals surface area (Å²) >= 11 is 0. The Morgan fingerprint density at radius 2 is 1.70 bits per heavy atom. The molecule has 27 heavy (non-hydrogen) atoms. The van der Waals surface area contributed by atoms with Crippen molar-refractivity contribution < 1.29 is 9.47 Å². The molecule has 0 aliphatic carbocycles. The highest BCUT2D eigenvalue weighted by atomic mass is 127. The summed E-state index contributed by atoms with van der Waals surface area (Å²) in [6.45, 7) is 13.8. The molecule has 0 bridgehead atoms. The summed E-state index contributed by atoms with van der Waals surface area (Å²) in [5.74, 6) is 1.58. The monoisotopic (exact) mass is 498 g/mol. The van der Waals surface area contributed by atoms with E-state index < -0.39 is 0 Å². The Morgan fingerprint density at radius 3 is 2.30 bits per heavy atom. The van der Waals surface area contributed by atoms with Crippen LogP contribution in [0.3, 0.4) is 0 Å². The molecular weight excluding hydrogens is 455 g/mol. The number of unbranched alkanes of at least 4 members (excludes halogenated alkanes) is 1. The van der Waals surface area contributed by atoms with Gasteiger partial charge in [-0.05, 0) is 44.7 Å². The van der Waals surface area contributed by atoms with E-state index in [4.69, 9.17) is 9.47 Å². The predicted octanol–water partition coefficient (Wildman–Crippen LogP) is 3.11. The highest BCUT2D eigenvalue weighted by molar-refractivity contribution is 14.0. The number of guanidine groups is 1. The number of hydrogen-bond donors (Lipinski definition) is 2. The molecule has 6 nitrogen and oxygen atoms in total. The zero-order chi connectivity index (χ0) is 19.0. The van der Waals surface area contributed by atoms with E-state index in [0.717, 1.165) is 32.1 Å². The zero-order valence-corrected chi connectivity index (χ0v) is 20.3. The van der Waals surface area contributed by atoms with Gasteiger partial charge in [0, 0.05) is 32.8 Å². The van der Waals surface area contributed by atoms with Crippen LogP contribution in [-0.4, -0.2) is 76.6 Å². The van der Waals surface area contributed by atoms with Crippen molar-refractivity contribution in [3.05, 3.63) is 0 Å². The lowest BCUT2D eigenvalue weighted by atomic mass is 10.0. The van der Waals surface area contributed by atoms with Gasteiger partial charge >= 0.3 is 0 Å². The van der Waals surface area contributed by atoms with Crippen LogP contribution in [0.4, 0.5) is 0 Å². The molecule has 0 aromatic rings. The molecule has 1 fully saturated rings. The van der Waals surface area contributed by atoms with E-state index in [-0.39, 0.29) is 24.0 Å². The van der Waals surface area contributed by atoms with Crippen molar-refractivity contribution in [3.63, 3.8) is 0 Å². The summed E-state index contributed by atoms with van der Waals surface area (Å²) in [5, 5.41) is 6.83. The average Bonchev–Trinajstić information content (AvgIpc) is 3.16. The quantitative estimate of drug-likeness (QED) is 0.167. The minimum Gasteiger partial charge on any atom is -0.379 e. The first kappa shape index (κ1) is 26.9. The molecule has 1 rings (SSSR count). The topological polar surface area (TPSA) is 58.1 Å². The lowest BCUT2D eigenvalue weighted by molar-refractivity contribution is 0.0487. The standard InChI is InChI=1S/C20H42N4O2.HI/c1-5-6-12-25-14-15-26-13-9-22-20(21-4)23-17-19(16-18(2)3)24-10-7-8-11-24;/h18-19H,5-17H2,1-4H3,(H2,21,22,23);1H. The Bertz CT molecular complexity index is 364. The molecule has 1 heterocycles. The van der Waals surface area contributed by atoms with Crippen LogP contribution in [0.25, 0.3) is 0 Å². The molecule has 1 unspecified atom stereocenters. The minimum absolute atomic E-state index is 0. The molecule has 1 aliphatic rings. The molecule has 0 saturated carbocycles. The van der Waals surface area contributed by atoms with Gasteiger partial charge in [-0.1, -0.05) is 27.2 Å². The Hall–Kier alpha value is -0.120. The number of nitrogens with one attached hydrogen (secondary N) is 2. The summed E-state index contributed by atoms with van der Waals surface area (Å²) in [6, 6.07) is 0.590. The number of likely N-dealkylation sites (tertiary alicyclic amines) is 1. The van der Waals surface area contributed by atoms with E-state index in [9.17, 15) is 0 Å². The van der Waals surface area contributed by atoms with Gasteiger partial charge in [0.15, 0.2) is 5.96 Å². The summed E-state index contributed by atoms with van der Waals surface area (Å²) in [7, 11) is 1.82. The summed E-state index contributed by atoms with van der Waals surface area (Å²) in [6.07, 6.45) is 6.19. The van der Waals surface area contributed by atoms with Crippen LogP contribution < -0.4 is 10.6 Å². The number of hydrogen-bond acceptors (Lipinski definition) is 4. The molecule has 0 spiro atoms. The maximum absolute atomic E-state index is 5.59. The van der Waals surface area contributed by atoms with E-state index >= 15 is 0 Å². The van der Waals surface area contributed by atoms with E-state index in [1.54, 1.807) is 0 Å². The lowest BCUT2D eigenvalue weighted by Crippen LogP contribution is -2.47. The third-order valence-corrected chi connectivity index (χ3v) is 4.68. The first-order valence-electron chi connectivity index (χ1n) is 10.5. The van der Waals surface area contributed by atoms with Crippen molar-refractivity contribution in [2.24, 2.45) is 10.9 Å². The molecule has 7 heteroatoms. The van der Waals surface area contributed by atoms with Gasteiger partial charge in [0.2, 0.25) is 0 Å². The number of nitrogens with zero attached hydrogens (tertiary/aromatic N) is 2.